The van der Waals surface area contributed by atoms with Crippen LogP contribution in [0.3, 0.4) is 0 Å². The smallest absolute Gasteiger partial charge is 0.148 e. The van der Waals surface area contributed by atoms with Crippen molar-refractivity contribution in [2.45, 2.75) is 19.3 Å². The highest BCUT2D eigenvalue weighted by molar-refractivity contribution is 5.82. The summed E-state index contributed by atoms with van der Waals surface area (Å²) in [5.74, 6) is 0.472. The first-order chi connectivity index (χ1) is 13.0. The van der Waals surface area contributed by atoms with Crippen LogP contribution < -0.4 is 5.32 Å². The van der Waals surface area contributed by atoms with Crippen LogP contribution in [0.2, 0.25) is 0 Å². The number of aromatic amines is 1. The fourth-order valence-corrected chi connectivity index (χ4v) is 2.94. The molecule has 4 rings (SSSR count). The fourth-order valence-electron chi connectivity index (χ4n) is 2.94. The van der Waals surface area contributed by atoms with Crippen molar-refractivity contribution in [3.63, 3.8) is 0 Å². The number of aromatic nitrogens is 4. The van der Waals surface area contributed by atoms with Crippen LogP contribution in [0.4, 0.5) is 10.2 Å². The van der Waals surface area contributed by atoms with Gasteiger partial charge in [0.25, 0.3) is 0 Å². The van der Waals surface area contributed by atoms with Gasteiger partial charge in [0.1, 0.15) is 17.8 Å². The maximum atomic E-state index is 13.1. The molecule has 6 heteroatoms. The number of nitrogens with zero attached hydrogens (tertiary/aromatic N) is 3. The Hall–Kier alpha value is -3.28. The maximum Gasteiger partial charge on any atom is 0.148 e. The standard InChI is InChI=1S/C21H19FN5/c1-21(2,16-4-6-17(22)7-5-16)13-23-20-10-9-18(26-27-20)14-3-8-19-15(11-14)12-24-25-19/h3-11H,13H2,1-2H3,(H,23,27)(H,24,25). The van der Waals surface area contributed by atoms with Crippen molar-refractivity contribution in [3.05, 3.63) is 72.2 Å². The molecule has 0 unspecified atom stereocenters. The zero-order valence-corrected chi connectivity index (χ0v) is 15.1. The third-order valence-corrected chi connectivity index (χ3v) is 4.67. The van der Waals surface area contributed by atoms with Crippen LogP contribution >= 0.6 is 0 Å². The first-order valence-corrected chi connectivity index (χ1v) is 8.71. The van der Waals surface area contributed by atoms with Gasteiger partial charge in [-0.1, -0.05) is 32.0 Å². The van der Waals surface area contributed by atoms with Gasteiger partial charge in [-0.3, -0.25) is 5.10 Å². The number of hydrogen-bond acceptors (Lipinski definition) is 4. The van der Waals surface area contributed by atoms with Crippen LogP contribution in [-0.2, 0) is 5.41 Å². The van der Waals surface area contributed by atoms with Gasteiger partial charge in [0.05, 0.1) is 11.2 Å². The number of halogens is 1. The molecule has 0 aliphatic rings. The van der Waals surface area contributed by atoms with Crippen LogP contribution in [0.15, 0.2) is 54.6 Å². The van der Waals surface area contributed by atoms with Gasteiger partial charge in [0.15, 0.2) is 0 Å². The molecule has 0 amide bonds. The van der Waals surface area contributed by atoms with Gasteiger partial charge in [0.2, 0.25) is 0 Å². The summed E-state index contributed by atoms with van der Waals surface area (Å²) in [4.78, 5) is 0. The molecule has 2 aromatic carbocycles. The zero-order chi connectivity index (χ0) is 18.9. The summed E-state index contributed by atoms with van der Waals surface area (Å²) >= 11 is 0. The minimum Gasteiger partial charge on any atom is -0.368 e. The monoisotopic (exact) mass is 360 g/mol. The molecule has 1 radical (unpaired) electrons. The number of H-pyrrole nitrogens is 1. The summed E-state index contributed by atoms with van der Waals surface area (Å²) in [5.41, 5.74) is 3.58. The lowest BCUT2D eigenvalue weighted by atomic mass is 9.84. The molecule has 0 saturated heterocycles. The Morgan fingerprint density at radius 2 is 1.85 bits per heavy atom. The van der Waals surface area contributed by atoms with Crippen LogP contribution in [0.25, 0.3) is 22.2 Å². The number of hydrogen-bond donors (Lipinski definition) is 2. The number of rotatable bonds is 5. The second-order valence-electron chi connectivity index (χ2n) is 7.14. The van der Waals surface area contributed by atoms with Gasteiger partial charge in [0, 0.05) is 22.9 Å². The van der Waals surface area contributed by atoms with Gasteiger partial charge < -0.3 is 5.32 Å². The molecule has 2 N–H and O–H groups in total. The first-order valence-electron chi connectivity index (χ1n) is 8.71. The lowest BCUT2D eigenvalue weighted by Gasteiger charge is -2.25. The summed E-state index contributed by atoms with van der Waals surface area (Å²) in [7, 11) is 0. The van der Waals surface area contributed by atoms with Crippen molar-refractivity contribution in [1.29, 1.82) is 0 Å². The molecule has 0 bridgehead atoms. The Morgan fingerprint density at radius 3 is 2.59 bits per heavy atom. The molecular weight excluding hydrogens is 341 g/mol. The Kier molecular flexibility index (Phi) is 4.32. The summed E-state index contributed by atoms with van der Waals surface area (Å²) in [6, 6.07) is 16.3. The van der Waals surface area contributed by atoms with E-state index < -0.39 is 0 Å². The molecule has 0 aliphatic carbocycles. The lowest BCUT2D eigenvalue weighted by molar-refractivity contribution is 0.552. The molecule has 0 aliphatic heterocycles. The van der Waals surface area contributed by atoms with Gasteiger partial charge >= 0.3 is 0 Å². The molecule has 2 heterocycles. The highest BCUT2D eigenvalue weighted by Crippen LogP contribution is 2.25. The lowest BCUT2D eigenvalue weighted by Crippen LogP contribution is -2.28. The Bertz CT molecular complexity index is 1050. The molecule has 27 heavy (non-hydrogen) atoms. The molecule has 135 valence electrons. The van der Waals surface area contributed by atoms with E-state index in [9.17, 15) is 4.39 Å². The molecule has 0 spiro atoms. The molecule has 0 atom stereocenters. The summed E-state index contributed by atoms with van der Waals surface area (Å²) in [6.45, 7) is 4.86. The van der Waals surface area contributed by atoms with Gasteiger partial charge in [-0.05, 0) is 42.0 Å². The molecule has 4 aromatic rings. The van der Waals surface area contributed by atoms with E-state index in [0.717, 1.165) is 27.7 Å². The van der Waals surface area contributed by atoms with Crippen molar-refractivity contribution in [3.8, 4) is 11.3 Å². The van der Waals surface area contributed by atoms with E-state index in [-0.39, 0.29) is 11.2 Å². The third-order valence-electron chi connectivity index (χ3n) is 4.67. The minimum absolute atomic E-state index is 0.170. The third kappa shape index (κ3) is 3.65. The van der Waals surface area contributed by atoms with Crippen molar-refractivity contribution < 1.29 is 4.39 Å². The molecular formula is C21H19FN5. The van der Waals surface area contributed by atoms with Gasteiger partial charge in [-0.2, -0.15) is 5.10 Å². The van der Waals surface area contributed by atoms with Crippen LogP contribution in [0, 0.1) is 12.0 Å². The topological polar surface area (TPSA) is 66.5 Å². The summed E-state index contributed by atoms with van der Waals surface area (Å²) < 4.78 is 13.1. The van der Waals surface area contributed by atoms with Crippen LogP contribution in [-0.4, -0.2) is 26.9 Å². The van der Waals surface area contributed by atoms with E-state index in [1.54, 1.807) is 0 Å². The largest absolute Gasteiger partial charge is 0.368 e. The maximum absolute atomic E-state index is 13.1. The molecule has 0 fully saturated rings. The Balaban J connectivity index is 1.46. The van der Waals surface area contributed by atoms with E-state index >= 15 is 0 Å². The van der Waals surface area contributed by atoms with Crippen LogP contribution in [0.5, 0.6) is 0 Å². The molecule has 2 aromatic heterocycles. The fraction of sp³-hybridized carbons (Fsp3) is 0.190. The average molecular weight is 360 g/mol. The van der Waals surface area contributed by atoms with Crippen molar-refractivity contribution in [1.82, 2.24) is 20.4 Å². The second-order valence-corrected chi connectivity index (χ2v) is 7.14. The van der Waals surface area contributed by atoms with E-state index in [4.69, 9.17) is 0 Å². The highest BCUT2D eigenvalue weighted by atomic mass is 19.1. The van der Waals surface area contributed by atoms with Crippen LogP contribution in [0.1, 0.15) is 19.4 Å². The predicted molar refractivity (Wildman–Crippen MR) is 104 cm³/mol. The van der Waals surface area contributed by atoms with Crippen molar-refractivity contribution in [2.24, 2.45) is 0 Å². The number of nitrogens with one attached hydrogen (secondary N) is 2. The second kappa shape index (κ2) is 6.79. The van der Waals surface area contributed by atoms with E-state index in [0.29, 0.717) is 12.4 Å². The number of fused-ring (bicyclic) bond motifs is 1. The van der Waals surface area contributed by atoms with Crippen molar-refractivity contribution in [2.75, 3.05) is 11.9 Å². The van der Waals surface area contributed by atoms with E-state index in [2.05, 4.69) is 45.8 Å². The average Bonchev–Trinajstić information content (AvgIpc) is 3.15. The minimum atomic E-state index is -0.227. The summed E-state index contributed by atoms with van der Waals surface area (Å²) in [5, 5.41) is 19.6. The first kappa shape index (κ1) is 17.1. The Labute approximate surface area is 156 Å². The number of anilines is 1. The zero-order valence-electron chi connectivity index (χ0n) is 15.1. The summed E-state index contributed by atoms with van der Waals surface area (Å²) in [6.07, 6.45) is 2.91. The number of benzene rings is 2. The Morgan fingerprint density at radius 1 is 1.04 bits per heavy atom. The normalized spacial score (nSPS) is 11.7. The quantitative estimate of drug-likeness (QED) is 0.555. The SMILES string of the molecule is CC(C)(CNc1ccc(-c2ccc3[nH]n[c]c3c2)nn1)c1ccc(F)cc1. The highest BCUT2D eigenvalue weighted by Gasteiger charge is 2.20. The van der Waals surface area contributed by atoms with Gasteiger partial charge in [-0.25, -0.2) is 4.39 Å². The predicted octanol–water partition coefficient (Wildman–Crippen LogP) is 4.35. The molecule has 0 saturated carbocycles. The van der Waals surface area contributed by atoms with Crippen molar-refractivity contribution >= 4 is 16.7 Å². The van der Waals surface area contributed by atoms with Gasteiger partial charge in [-0.15, -0.1) is 10.2 Å². The molecule has 5 nitrogen and oxygen atoms in total. The van der Waals surface area contributed by atoms with E-state index in [1.165, 1.54) is 12.1 Å². The van der Waals surface area contributed by atoms with E-state index in [1.807, 2.05) is 42.5 Å².